The van der Waals surface area contributed by atoms with Crippen LogP contribution in [0.1, 0.15) is 43.7 Å². The molecule has 2 aromatic rings. The lowest BCUT2D eigenvalue weighted by molar-refractivity contribution is -0.136. The van der Waals surface area contributed by atoms with Gasteiger partial charge in [-0.15, -0.1) is 11.3 Å². The second-order valence-corrected chi connectivity index (χ2v) is 9.18. The number of rotatable bonds is 4. The molecule has 2 atom stereocenters. The van der Waals surface area contributed by atoms with Gasteiger partial charge in [0.05, 0.1) is 5.69 Å². The van der Waals surface area contributed by atoms with Gasteiger partial charge < -0.3 is 10.6 Å². The second-order valence-electron chi connectivity index (χ2n) is 8.32. The fraction of sp³-hybridized carbons (Fsp3) is 0.455. The third-order valence-electron chi connectivity index (χ3n) is 6.36. The zero-order valence-electron chi connectivity index (χ0n) is 17.4. The highest BCUT2D eigenvalue weighted by atomic mass is 32.1. The second kappa shape index (κ2) is 7.83. The number of thiazole rings is 1. The highest BCUT2D eigenvalue weighted by Gasteiger charge is 2.55. The molecular weight excluding hydrogens is 400 g/mol. The van der Waals surface area contributed by atoms with Crippen molar-refractivity contribution in [1.29, 1.82) is 0 Å². The van der Waals surface area contributed by atoms with Crippen molar-refractivity contribution in [3.8, 4) is 11.3 Å². The number of imide groups is 1. The number of nitrogens with one attached hydrogen (secondary N) is 2. The quantitative estimate of drug-likeness (QED) is 0.726. The Hall–Kier alpha value is -2.74. The fourth-order valence-corrected chi connectivity index (χ4v) is 5.04. The lowest BCUT2D eigenvalue weighted by Crippen LogP contribution is -2.54. The number of carbonyl (C=O) groups is 3. The molecule has 2 N–H and O–H groups in total. The van der Waals surface area contributed by atoms with E-state index < -0.39 is 17.5 Å². The average Bonchev–Trinajstić information content (AvgIpc) is 3.25. The number of urea groups is 1. The van der Waals surface area contributed by atoms with E-state index in [0.29, 0.717) is 11.6 Å². The van der Waals surface area contributed by atoms with Crippen LogP contribution in [0.4, 0.5) is 9.93 Å². The van der Waals surface area contributed by atoms with Crippen LogP contribution < -0.4 is 10.6 Å². The third kappa shape index (κ3) is 3.60. The van der Waals surface area contributed by atoms with Gasteiger partial charge in [-0.1, -0.05) is 31.9 Å². The topological polar surface area (TPSA) is 91.4 Å². The molecule has 2 heterocycles. The van der Waals surface area contributed by atoms with Crippen molar-refractivity contribution < 1.29 is 14.4 Å². The van der Waals surface area contributed by atoms with Crippen molar-refractivity contribution >= 4 is 34.3 Å². The first kappa shape index (κ1) is 20.5. The Morgan fingerprint density at radius 3 is 2.83 bits per heavy atom. The Morgan fingerprint density at radius 2 is 2.10 bits per heavy atom. The molecular formula is C22H26N4O3S. The number of benzene rings is 1. The summed E-state index contributed by atoms with van der Waals surface area (Å²) < 4.78 is 0. The number of hydrogen-bond donors (Lipinski definition) is 2. The maximum atomic E-state index is 13.0. The molecule has 0 radical (unpaired) electrons. The molecule has 1 aliphatic heterocycles. The first-order valence-electron chi connectivity index (χ1n) is 10.3. The van der Waals surface area contributed by atoms with E-state index in [-0.39, 0.29) is 18.4 Å². The van der Waals surface area contributed by atoms with Gasteiger partial charge in [0.25, 0.3) is 5.91 Å². The van der Waals surface area contributed by atoms with E-state index in [1.807, 2.05) is 31.4 Å². The molecule has 158 valence electrons. The van der Waals surface area contributed by atoms with Gasteiger partial charge in [0.15, 0.2) is 5.13 Å². The molecule has 1 saturated carbocycles. The summed E-state index contributed by atoms with van der Waals surface area (Å²) in [5.74, 6) is -0.653. The number of nitrogens with zero attached hydrogens (tertiary/aromatic N) is 2. The molecule has 1 aromatic carbocycles. The maximum Gasteiger partial charge on any atom is 0.325 e. The Morgan fingerprint density at radius 1 is 1.30 bits per heavy atom. The lowest BCUT2D eigenvalue weighted by Gasteiger charge is -2.36. The highest BCUT2D eigenvalue weighted by Crippen LogP contribution is 2.38. The first-order chi connectivity index (χ1) is 14.3. The highest BCUT2D eigenvalue weighted by molar-refractivity contribution is 7.14. The zero-order chi connectivity index (χ0) is 21.5. The summed E-state index contributed by atoms with van der Waals surface area (Å²) in [4.78, 5) is 43.5. The molecule has 30 heavy (non-hydrogen) atoms. The van der Waals surface area contributed by atoms with Crippen molar-refractivity contribution in [2.75, 3.05) is 11.9 Å². The van der Waals surface area contributed by atoms with Crippen molar-refractivity contribution in [3.05, 3.63) is 34.7 Å². The average molecular weight is 427 g/mol. The molecule has 0 bridgehead atoms. The first-order valence-corrected chi connectivity index (χ1v) is 11.2. The van der Waals surface area contributed by atoms with E-state index in [1.54, 1.807) is 0 Å². The van der Waals surface area contributed by atoms with E-state index in [2.05, 4.69) is 28.6 Å². The number of anilines is 1. The van der Waals surface area contributed by atoms with Gasteiger partial charge in [-0.2, -0.15) is 0 Å². The lowest BCUT2D eigenvalue weighted by atomic mass is 9.73. The predicted molar refractivity (Wildman–Crippen MR) is 116 cm³/mol. The van der Waals surface area contributed by atoms with Crippen LogP contribution in [0, 0.1) is 19.8 Å². The number of aryl methyl sites for hydroxylation is 2. The zero-order valence-corrected chi connectivity index (χ0v) is 18.3. The maximum absolute atomic E-state index is 13.0. The summed E-state index contributed by atoms with van der Waals surface area (Å²) in [7, 11) is 0. The Kier molecular flexibility index (Phi) is 5.36. The molecule has 1 aliphatic carbocycles. The summed E-state index contributed by atoms with van der Waals surface area (Å²) in [5, 5.41) is 7.92. The van der Waals surface area contributed by atoms with Gasteiger partial charge in [-0.3, -0.25) is 14.5 Å². The minimum Gasteiger partial charge on any atom is -0.323 e. The number of hydrogen-bond acceptors (Lipinski definition) is 5. The summed E-state index contributed by atoms with van der Waals surface area (Å²) in [6.45, 7) is 5.79. The van der Waals surface area contributed by atoms with E-state index >= 15 is 0 Å². The van der Waals surface area contributed by atoms with E-state index in [0.717, 1.165) is 35.4 Å². The van der Waals surface area contributed by atoms with Crippen molar-refractivity contribution in [2.24, 2.45) is 5.92 Å². The minimum atomic E-state index is -0.854. The Labute approximate surface area is 179 Å². The van der Waals surface area contributed by atoms with Gasteiger partial charge >= 0.3 is 6.03 Å². The summed E-state index contributed by atoms with van der Waals surface area (Å²) in [5.41, 5.74) is 3.30. The largest absolute Gasteiger partial charge is 0.325 e. The normalized spacial score (nSPS) is 23.7. The molecule has 1 aromatic heterocycles. The van der Waals surface area contributed by atoms with Crippen LogP contribution >= 0.6 is 11.3 Å². The SMILES string of the molecule is Cc1ccc(-c2csc(NC(=O)CN3C(=O)NC4(CCCCC4C)C3=O)n2)cc1C. The molecule has 1 spiro atoms. The van der Waals surface area contributed by atoms with Crippen molar-refractivity contribution in [2.45, 2.75) is 52.0 Å². The van der Waals surface area contributed by atoms with Gasteiger partial charge in [-0.25, -0.2) is 9.78 Å². The van der Waals surface area contributed by atoms with E-state index in [1.165, 1.54) is 22.5 Å². The molecule has 4 rings (SSSR count). The molecule has 1 saturated heterocycles. The van der Waals surface area contributed by atoms with E-state index in [4.69, 9.17) is 0 Å². The van der Waals surface area contributed by atoms with Crippen LogP contribution in [-0.2, 0) is 9.59 Å². The third-order valence-corrected chi connectivity index (χ3v) is 7.11. The molecule has 2 aliphatic rings. The van der Waals surface area contributed by atoms with Crippen molar-refractivity contribution in [1.82, 2.24) is 15.2 Å². The van der Waals surface area contributed by atoms with Crippen LogP contribution in [0.15, 0.2) is 23.6 Å². The van der Waals surface area contributed by atoms with Crippen LogP contribution in [0.2, 0.25) is 0 Å². The Balaban J connectivity index is 1.43. The smallest absolute Gasteiger partial charge is 0.323 e. The number of amides is 4. The van der Waals surface area contributed by atoms with Crippen LogP contribution in [0.5, 0.6) is 0 Å². The van der Waals surface area contributed by atoms with Crippen LogP contribution in [0.3, 0.4) is 0 Å². The standard InChI is InChI=1S/C22H26N4O3S/c1-13-7-8-16(10-14(13)2)17-12-30-20(23-17)24-18(27)11-26-19(28)22(25-21(26)29)9-5-4-6-15(22)3/h7-8,10,12,15H,4-6,9,11H2,1-3H3,(H,25,29)(H,23,24,27). The van der Waals surface area contributed by atoms with Gasteiger partial charge in [0.1, 0.15) is 12.1 Å². The minimum absolute atomic E-state index is 0.0650. The molecule has 7 nitrogen and oxygen atoms in total. The van der Waals surface area contributed by atoms with E-state index in [9.17, 15) is 14.4 Å². The molecule has 4 amide bonds. The molecule has 8 heteroatoms. The summed E-state index contributed by atoms with van der Waals surface area (Å²) >= 11 is 1.32. The monoisotopic (exact) mass is 426 g/mol. The van der Waals surface area contributed by atoms with Gasteiger partial charge in [-0.05, 0) is 49.8 Å². The Bertz CT molecular complexity index is 1020. The van der Waals surface area contributed by atoms with Crippen LogP contribution in [0.25, 0.3) is 11.3 Å². The summed E-state index contributed by atoms with van der Waals surface area (Å²) in [6, 6.07) is 5.62. The van der Waals surface area contributed by atoms with Crippen LogP contribution in [-0.4, -0.2) is 39.8 Å². The van der Waals surface area contributed by atoms with Crippen molar-refractivity contribution in [3.63, 3.8) is 0 Å². The number of carbonyl (C=O) groups excluding carboxylic acids is 3. The number of aromatic nitrogens is 1. The van der Waals surface area contributed by atoms with Gasteiger partial charge in [0, 0.05) is 10.9 Å². The molecule has 2 fully saturated rings. The summed E-state index contributed by atoms with van der Waals surface area (Å²) in [6.07, 6.45) is 3.48. The fourth-order valence-electron chi connectivity index (χ4n) is 4.31. The molecule has 2 unspecified atom stereocenters. The van der Waals surface area contributed by atoms with Gasteiger partial charge in [0.2, 0.25) is 5.91 Å². The predicted octanol–water partition coefficient (Wildman–Crippen LogP) is 3.87.